The van der Waals surface area contributed by atoms with Gasteiger partial charge < -0.3 is 29.4 Å². The summed E-state index contributed by atoms with van der Waals surface area (Å²) < 4.78 is 25.2. The van der Waals surface area contributed by atoms with Gasteiger partial charge in [0, 0.05) is 51.6 Å². The Labute approximate surface area is 279 Å². The van der Waals surface area contributed by atoms with Crippen LogP contribution in [-0.2, 0) is 22.5 Å². The fourth-order valence-corrected chi connectivity index (χ4v) is 6.04. The number of para-hydroxylation sites is 1. The predicted molar refractivity (Wildman–Crippen MR) is 180 cm³/mol. The fourth-order valence-electron chi connectivity index (χ4n) is 5.28. The van der Waals surface area contributed by atoms with E-state index in [4.69, 9.17) is 29.0 Å². The second kappa shape index (κ2) is 14.9. The molecule has 1 amide bonds. The largest absolute Gasteiger partial charge is 0.494 e. The van der Waals surface area contributed by atoms with E-state index in [0.29, 0.717) is 41.7 Å². The Bertz CT molecular complexity index is 1650. The molecule has 0 aliphatic carbocycles. The number of carbonyl (C=O) groups excluding carboxylic acids is 1. The second-order valence-corrected chi connectivity index (χ2v) is 12.2. The van der Waals surface area contributed by atoms with E-state index in [9.17, 15) is 4.79 Å². The molecule has 0 fully saturated rings. The van der Waals surface area contributed by atoms with Crippen molar-refractivity contribution in [1.82, 2.24) is 5.32 Å². The Hall–Kier alpha value is -3.86. The standard InChI is InChI=1S/C35H34Br2N2O6/c1-42-30-10-5-7-25(31(30)43-2)22-38-34(41)35(21-23-11-15-26(36)16-12-23)32(28-8-3-4-9-29(28)37)45-33(39-35)24-13-17-27(18-14-24)44-20-6-19-40/h3-5,7-18,32,40H,6,19-22H2,1-2H3,(H,38,41)/t32-,35-/m1/s1. The first-order valence-electron chi connectivity index (χ1n) is 14.5. The van der Waals surface area contributed by atoms with Gasteiger partial charge in [-0.25, -0.2) is 4.99 Å². The summed E-state index contributed by atoms with van der Waals surface area (Å²) in [5.74, 6) is 1.85. The lowest BCUT2D eigenvalue weighted by Gasteiger charge is -2.31. The van der Waals surface area contributed by atoms with E-state index < -0.39 is 11.6 Å². The molecular weight excluding hydrogens is 704 g/mol. The van der Waals surface area contributed by atoms with Gasteiger partial charge in [-0.15, -0.1) is 0 Å². The van der Waals surface area contributed by atoms with Crippen LogP contribution in [0.1, 0.15) is 34.8 Å². The molecule has 8 nitrogen and oxygen atoms in total. The van der Waals surface area contributed by atoms with Gasteiger partial charge in [0.25, 0.3) is 5.91 Å². The van der Waals surface area contributed by atoms with E-state index in [1.165, 1.54) is 0 Å². The lowest BCUT2D eigenvalue weighted by molar-refractivity contribution is -0.129. The smallest absolute Gasteiger partial charge is 0.252 e. The van der Waals surface area contributed by atoms with Crippen molar-refractivity contribution in [3.8, 4) is 17.2 Å². The van der Waals surface area contributed by atoms with E-state index >= 15 is 0 Å². The van der Waals surface area contributed by atoms with Gasteiger partial charge >= 0.3 is 0 Å². The number of rotatable bonds is 13. The van der Waals surface area contributed by atoms with Crippen molar-refractivity contribution < 1.29 is 28.8 Å². The highest BCUT2D eigenvalue weighted by Crippen LogP contribution is 2.45. The Morgan fingerprint density at radius 1 is 0.956 bits per heavy atom. The predicted octanol–water partition coefficient (Wildman–Crippen LogP) is 6.81. The zero-order valence-electron chi connectivity index (χ0n) is 25.0. The number of hydrogen-bond acceptors (Lipinski definition) is 7. The number of aliphatic hydroxyl groups is 1. The number of ether oxygens (including phenoxy) is 4. The normalized spacial score (nSPS) is 17.3. The monoisotopic (exact) mass is 736 g/mol. The minimum absolute atomic E-state index is 0.0618. The minimum Gasteiger partial charge on any atom is -0.494 e. The van der Waals surface area contributed by atoms with Crippen LogP contribution in [0.25, 0.3) is 0 Å². The molecule has 0 saturated heterocycles. The summed E-state index contributed by atoms with van der Waals surface area (Å²) in [6, 6.07) is 28.5. The van der Waals surface area contributed by atoms with Crippen LogP contribution in [0, 0.1) is 0 Å². The number of aliphatic hydroxyl groups excluding tert-OH is 1. The van der Waals surface area contributed by atoms with Crippen LogP contribution in [0.3, 0.4) is 0 Å². The minimum atomic E-state index is -1.37. The van der Waals surface area contributed by atoms with Crippen LogP contribution in [0.15, 0.2) is 105 Å². The summed E-state index contributed by atoms with van der Waals surface area (Å²) >= 11 is 7.21. The lowest BCUT2D eigenvalue weighted by atomic mass is 9.82. The van der Waals surface area contributed by atoms with Gasteiger partial charge in [-0.3, -0.25) is 4.79 Å². The number of nitrogens with one attached hydrogen (secondary N) is 1. The summed E-state index contributed by atoms with van der Waals surface area (Å²) in [6.45, 7) is 0.660. The van der Waals surface area contributed by atoms with E-state index in [1.807, 2.05) is 91.0 Å². The van der Waals surface area contributed by atoms with Crippen LogP contribution >= 0.6 is 31.9 Å². The zero-order chi connectivity index (χ0) is 31.8. The van der Waals surface area contributed by atoms with Crippen molar-refractivity contribution in [3.05, 3.63) is 122 Å². The molecule has 4 aromatic rings. The van der Waals surface area contributed by atoms with Crippen LogP contribution in [0.4, 0.5) is 0 Å². The molecule has 0 bridgehead atoms. The van der Waals surface area contributed by atoms with Crippen molar-refractivity contribution in [2.24, 2.45) is 4.99 Å². The van der Waals surface area contributed by atoms with Crippen molar-refractivity contribution in [3.63, 3.8) is 0 Å². The molecule has 4 aromatic carbocycles. The first-order valence-corrected chi connectivity index (χ1v) is 16.0. The molecule has 10 heteroatoms. The van der Waals surface area contributed by atoms with Crippen LogP contribution in [0.2, 0.25) is 0 Å². The van der Waals surface area contributed by atoms with Gasteiger partial charge in [0.05, 0.1) is 20.8 Å². The Balaban J connectivity index is 1.57. The summed E-state index contributed by atoms with van der Waals surface area (Å²) in [6.07, 6.45) is 0.0686. The molecule has 2 atom stereocenters. The number of nitrogens with zero attached hydrogens (tertiary/aromatic N) is 1. The maximum Gasteiger partial charge on any atom is 0.252 e. The van der Waals surface area contributed by atoms with Gasteiger partial charge in [0.2, 0.25) is 5.90 Å². The molecule has 0 radical (unpaired) electrons. The van der Waals surface area contributed by atoms with Gasteiger partial charge in [-0.1, -0.05) is 74.3 Å². The topological polar surface area (TPSA) is 98.6 Å². The highest BCUT2D eigenvalue weighted by atomic mass is 79.9. The van der Waals surface area contributed by atoms with Gasteiger partial charge in [0.1, 0.15) is 5.75 Å². The number of methoxy groups -OCH3 is 2. The first kappa shape index (κ1) is 32.5. The van der Waals surface area contributed by atoms with Crippen LogP contribution < -0.4 is 19.5 Å². The van der Waals surface area contributed by atoms with Gasteiger partial charge in [-0.05, 0) is 54.1 Å². The molecule has 0 saturated carbocycles. The highest BCUT2D eigenvalue weighted by Gasteiger charge is 2.53. The van der Waals surface area contributed by atoms with Crippen molar-refractivity contribution >= 4 is 43.7 Å². The number of carbonyl (C=O) groups is 1. The van der Waals surface area contributed by atoms with E-state index in [1.54, 1.807) is 14.2 Å². The molecule has 1 aliphatic heterocycles. The quantitative estimate of drug-likeness (QED) is 0.147. The van der Waals surface area contributed by atoms with Crippen molar-refractivity contribution in [2.75, 3.05) is 27.4 Å². The molecule has 1 heterocycles. The van der Waals surface area contributed by atoms with E-state index in [-0.39, 0.29) is 25.5 Å². The fraction of sp³-hybridized carbons (Fsp3) is 0.257. The molecular formula is C35H34Br2N2O6. The number of halogens is 2. The molecule has 2 N–H and O–H groups in total. The number of hydrogen-bond donors (Lipinski definition) is 2. The molecule has 0 spiro atoms. The first-order chi connectivity index (χ1) is 21.9. The molecule has 5 rings (SSSR count). The Morgan fingerprint density at radius 3 is 2.40 bits per heavy atom. The third-order valence-electron chi connectivity index (χ3n) is 7.53. The number of amides is 1. The number of benzene rings is 4. The summed E-state index contributed by atoms with van der Waals surface area (Å²) in [5, 5.41) is 12.2. The van der Waals surface area contributed by atoms with Crippen LogP contribution in [-0.4, -0.2) is 49.9 Å². The third kappa shape index (κ3) is 7.35. The van der Waals surface area contributed by atoms with Crippen molar-refractivity contribution in [1.29, 1.82) is 0 Å². The molecule has 0 aromatic heterocycles. The molecule has 45 heavy (non-hydrogen) atoms. The molecule has 0 unspecified atom stereocenters. The van der Waals surface area contributed by atoms with Crippen molar-refractivity contribution in [2.45, 2.75) is 31.0 Å². The third-order valence-corrected chi connectivity index (χ3v) is 8.78. The summed E-state index contributed by atoms with van der Waals surface area (Å²) in [4.78, 5) is 19.7. The maximum absolute atomic E-state index is 14.6. The summed E-state index contributed by atoms with van der Waals surface area (Å²) in [5.41, 5.74) is 1.83. The highest BCUT2D eigenvalue weighted by molar-refractivity contribution is 9.10. The van der Waals surface area contributed by atoms with Gasteiger partial charge in [-0.2, -0.15) is 0 Å². The zero-order valence-corrected chi connectivity index (χ0v) is 28.1. The molecule has 1 aliphatic rings. The Kier molecular flexibility index (Phi) is 10.8. The molecule has 234 valence electrons. The van der Waals surface area contributed by atoms with Crippen LogP contribution in [0.5, 0.6) is 17.2 Å². The van der Waals surface area contributed by atoms with Gasteiger partial charge in [0.15, 0.2) is 23.1 Å². The van der Waals surface area contributed by atoms with E-state index in [0.717, 1.165) is 25.6 Å². The SMILES string of the molecule is COc1cccc(CNC(=O)[C@]2(Cc3ccc(Br)cc3)N=C(c3ccc(OCCCO)cc3)O[C@@H]2c2ccccc2Br)c1OC. The Morgan fingerprint density at radius 2 is 1.71 bits per heavy atom. The lowest BCUT2D eigenvalue weighted by Crippen LogP contribution is -2.49. The number of aliphatic imine (C=N–C) groups is 1. The average molecular weight is 738 g/mol. The maximum atomic E-state index is 14.6. The van der Waals surface area contributed by atoms with E-state index in [2.05, 4.69) is 37.2 Å². The second-order valence-electron chi connectivity index (χ2n) is 10.4. The summed E-state index contributed by atoms with van der Waals surface area (Å²) in [7, 11) is 3.15. The average Bonchev–Trinajstić information content (AvgIpc) is 3.45.